The molecule has 0 radical (unpaired) electrons. The zero-order valence-corrected chi connectivity index (χ0v) is 13.6. The fourth-order valence-electron chi connectivity index (χ4n) is 3.10. The summed E-state index contributed by atoms with van der Waals surface area (Å²) in [4.78, 5) is 0. The number of nitrogens with one attached hydrogen (secondary N) is 1. The summed E-state index contributed by atoms with van der Waals surface area (Å²) in [6.45, 7) is 4.88. The lowest BCUT2D eigenvalue weighted by Gasteiger charge is -2.36. The molecular formula is C16H23Cl2NO. The molecule has 2 nitrogen and oxygen atoms in total. The smallest absolute Gasteiger partial charge is 0.0774 e. The summed E-state index contributed by atoms with van der Waals surface area (Å²) in [6, 6.07) is 5.64. The van der Waals surface area contributed by atoms with Crippen molar-refractivity contribution < 1.29 is 5.11 Å². The van der Waals surface area contributed by atoms with Gasteiger partial charge in [-0.3, -0.25) is 0 Å². The molecule has 3 unspecified atom stereocenters. The van der Waals surface area contributed by atoms with Crippen LogP contribution in [0.3, 0.4) is 0 Å². The van der Waals surface area contributed by atoms with E-state index >= 15 is 0 Å². The first kappa shape index (κ1) is 16.1. The first-order valence-corrected chi connectivity index (χ1v) is 8.06. The Bertz CT molecular complexity index is 466. The minimum atomic E-state index is -0.579. The molecule has 0 bridgehead atoms. The van der Waals surface area contributed by atoms with Gasteiger partial charge in [0.05, 0.1) is 5.60 Å². The Morgan fingerprint density at radius 3 is 2.85 bits per heavy atom. The number of hydrogen-bond donors (Lipinski definition) is 2. The number of hydrogen-bond acceptors (Lipinski definition) is 2. The molecule has 1 aliphatic rings. The van der Waals surface area contributed by atoms with Gasteiger partial charge in [-0.1, -0.05) is 49.0 Å². The normalized spacial score (nSPS) is 28.4. The van der Waals surface area contributed by atoms with Crippen LogP contribution in [0.2, 0.25) is 10.0 Å². The molecule has 4 heteroatoms. The lowest BCUT2D eigenvalue weighted by molar-refractivity contribution is -0.0134. The Balaban J connectivity index is 1.96. The first-order chi connectivity index (χ1) is 9.39. The van der Waals surface area contributed by atoms with Crippen LogP contribution in [0, 0.1) is 5.92 Å². The van der Waals surface area contributed by atoms with Crippen molar-refractivity contribution in [2.75, 3.05) is 6.54 Å². The molecule has 1 aromatic carbocycles. The van der Waals surface area contributed by atoms with E-state index in [2.05, 4.69) is 19.2 Å². The van der Waals surface area contributed by atoms with Crippen LogP contribution in [-0.4, -0.2) is 17.3 Å². The van der Waals surface area contributed by atoms with E-state index in [0.717, 1.165) is 24.8 Å². The van der Waals surface area contributed by atoms with Crippen LogP contribution in [0.25, 0.3) is 0 Å². The van der Waals surface area contributed by atoms with Gasteiger partial charge in [0.15, 0.2) is 0 Å². The average Bonchev–Trinajstić information content (AvgIpc) is 2.36. The molecule has 3 atom stereocenters. The topological polar surface area (TPSA) is 32.3 Å². The summed E-state index contributed by atoms with van der Waals surface area (Å²) in [5, 5.41) is 15.4. The number of benzene rings is 1. The zero-order chi connectivity index (χ0) is 14.8. The molecule has 1 aromatic rings. The van der Waals surface area contributed by atoms with Crippen LogP contribution in [-0.2, 0) is 0 Å². The van der Waals surface area contributed by atoms with Gasteiger partial charge < -0.3 is 10.4 Å². The summed E-state index contributed by atoms with van der Waals surface area (Å²) >= 11 is 12.1. The Labute approximate surface area is 131 Å². The summed E-state index contributed by atoms with van der Waals surface area (Å²) in [7, 11) is 0. The quantitative estimate of drug-likeness (QED) is 0.852. The molecular weight excluding hydrogens is 293 g/mol. The SMILES string of the molecule is CC1CCCC(O)(CNC(C)c2ccc(Cl)cc2Cl)C1. The van der Waals surface area contributed by atoms with E-state index in [1.807, 2.05) is 12.1 Å². The van der Waals surface area contributed by atoms with E-state index in [4.69, 9.17) is 23.2 Å². The molecule has 0 amide bonds. The molecule has 1 fully saturated rings. The second-order valence-electron chi connectivity index (χ2n) is 6.19. The maximum Gasteiger partial charge on any atom is 0.0774 e. The van der Waals surface area contributed by atoms with Crippen LogP contribution in [0.5, 0.6) is 0 Å². The van der Waals surface area contributed by atoms with Crippen LogP contribution in [0.4, 0.5) is 0 Å². The number of rotatable bonds is 4. The van der Waals surface area contributed by atoms with Gasteiger partial charge in [0.25, 0.3) is 0 Å². The van der Waals surface area contributed by atoms with Crippen molar-refractivity contribution in [3.8, 4) is 0 Å². The van der Waals surface area contributed by atoms with Crippen molar-refractivity contribution in [3.05, 3.63) is 33.8 Å². The van der Waals surface area contributed by atoms with E-state index in [1.165, 1.54) is 6.42 Å². The second kappa shape index (κ2) is 6.65. The van der Waals surface area contributed by atoms with E-state index in [1.54, 1.807) is 6.07 Å². The molecule has 0 heterocycles. The van der Waals surface area contributed by atoms with Crippen molar-refractivity contribution in [2.45, 2.75) is 51.2 Å². The minimum absolute atomic E-state index is 0.0982. The van der Waals surface area contributed by atoms with E-state index in [-0.39, 0.29) is 6.04 Å². The highest BCUT2D eigenvalue weighted by molar-refractivity contribution is 6.35. The van der Waals surface area contributed by atoms with Crippen molar-refractivity contribution >= 4 is 23.2 Å². The largest absolute Gasteiger partial charge is 0.389 e. The van der Waals surface area contributed by atoms with Gasteiger partial charge in [0.2, 0.25) is 0 Å². The summed E-state index contributed by atoms with van der Waals surface area (Å²) in [5.74, 6) is 0.602. The van der Waals surface area contributed by atoms with E-state index in [0.29, 0.717) is 22.5 Å². The van der Waals surface area contributed by atoms with Gasteiger partial charge in [-0.25, -0.2) is 0 Å². The first-order valence-electron chi connectivity index (χ1n) is 7.30. The lowest BCUT2D eigenvalue weighted by atomic mass is 9.79. The maximum absolute atomic E-state index is 10.6. The Morgan fingerprint density at radius 2 is 2.20 bits per heavy atom. The van der Waals surface area contributed by atoms with Gasteiger partial charge in [0, 0.05) is 22.6 Å². The van der Waals surface area contributed by atoms with E-state index in [9.17, 15) is 5.11 Å². The fraction of sp³-hybridized carbons (Fsp3) is 0.625. The van der Waals surface area contributed by atoms with Gasteiger partial charge in [0.1, 0.15) is 0 Å². The summed E-state index contributed by atoms with van der Waals surface area (Å²) in [5.41, 5.74) is 0.439. The van der Waals surface area contributed by atoms with E-state index < -0.39 is 5.60 Å². The molecule has 2 N–H and O–H groups in total. The molecule has 0 aliphatic heterocycles. The molecule has 2 rings (SSSR count). The van der Waals surface area contributed by atoms with Crippen LogP contribution >= 0.6 is 23.2 Å². The monoisotopic (exact) mass is 315 g/mol. The van der Waals surface area contributed by atoms with Gasteiger partial charge in [-0.2, -0.15) is 0 Å². The zero-order valence-electron chi connectivity index (χ0n) is 12.1. The second-order valence-corrected chi connectivity index (χ2v) is 7.04. The summed E-state index contributed by atoms with van der Waals surface area (Å²) < 4.78 is 0. The molecule has 1 saturated carbocycles. The maximum atomic E-state index is 10.6. The minimum Gasteiger partial charge on any atom is -0.389 e. The third-order valence-electron chi connectivity index (χ3n) is 4.23. The third kappa shape index (κ3) is 4.11. The molecule has 0 saturated heterocycles. The molecule has 0 spiro atoms. The van der Waals surface area contributed by atoms with Gasteiger partial charge in [-0.05, 0) is 43.4 Å². The Hall–Kier alpha value is -0.280. The van der Waals surface area contributed by atoms with Crippen LogP contribution in [0.15, 0.2) is 18.2 Å². The average molecular weight is 316 g/mol. The molecule has 0 aromatic heterocycles. The predicted octanol–water partition coefficient (Wildman–Crippen LogP) is 4.59. The van der Waals surface area contributed by atoms with Crippen molar-refractivity contribution in [2.24, 2.45) is 5.92 Å². The highest BCUT2D eigenvalue weighted by atomic mass is 35.5. The fourth-order valence-corrected chi connectivity index (χ4v) is 3.67. The van der Waals surface area contributed by atoms with Gasteiger partial charge in [-0.15, -0.1) is 0 Å². The summed E-state index contributed by atoms with van der Waals surface area (Å²) in [6.07, 6.45) is 4.09. The van der Waals surface area contributed by atoms with Crippen molar-refractivity contribution in [1.29, 1.82) is 0 Å². The van der Waals surface area contributed by atoms with Crippen molar-refractivity contribution in [3.63, 3.8) is 0 Å². The standard InChI is InChI=1S/C16H23Cl2NO/c1-11-4-3-7-16(20,9-11)10-19-12(2)14-6-5-13(17)8-15(14)18/h5-6,8,11-12,19-20H,3-4,7,9-10H2,1-2H3. The molecule has 20 heavy (non-hydrogen) atoms. The Morgan fingerprint density at radius 1 is 1.45 bits per heavy atom. The van der Waals surface area contributed by atoms with Crippen molar-refractivity contribution in [1.82, 2.24) is 5.32 Å². The van der Waals surface area contributed by atoms with Gasteiger partial charge >= 0.3 is 0 Å². The lowest BCUT2D eigenvalue weighted by Crippen LogP contribution is -2.44. The molecule has 1 aliphatic carbocycles. The Kier molecular flexibility index (Phi) is 5.36. The predicted molar refractivity (Wildman–Crippen MR) is 85.5 cm³/mol. The number of halogens is 2. The highest BCUT2D eigenvalue weighted by Gasteiger charge is 2.32. The van der Waals surface area contributed by atoms with Crippen LogP contribution < -0.4 is 5.32 Å². The number of aliphatic hydroxyl groups is 1. The molecule has 112 valence electrons. The van der Waals surface area contributed by atoms with Crippen LogP contribution in [0.1, 0.15) is 51.1 Å². The highest BCUT2D eigenvalue weighted by Crippen LogP contribution is 2.32. The third-order valence-corrected chi connectivity index (χ3v) is 4.80.